The average Bonchev–Trinajstić information content (AvgIpc) is 3.50. The molecule has 1 N–H and O–H groups in total. The molecule has 1 fully saturated rings. The third-order valence-electron chi connectivity index (χ3n) is 5.28. The van der Waals surface area contributed by atoms with E-state index in [1.54, 1.807) is 14.2 Å². The number of fused-ring (bicyclic) bond motifs is 1. The second-order valence-electron chi connectivity index (χ2n) is 7.70. The fourth-order valence-electron chi connectivity index (χ4n) is 3.46. The molecule has 0 saturated heterocycles. The summed E-state index contributed by atoms with van der Waals surface area (Å²) >= 11 is 0. The molecule has 6 nitrogen and oxygen atoms in total. The predicted molar refractivity (Wildman–Crippen MR) is 107 cm³/mol. The maximum absolute atomic E-state index is 5.48. The first-order valence-electron chi connectivity index (χ1n) is 9.71. The summed E-state index contributed by atoms with van der Waals surface area (Å²) in [5, 5.41) is 3.46. The molecule has 1 aliphatic heterocycles. The summed E-state index contributed by atoms with van der Waals surface area (Å²) < 4.78 is 10.9. The third-order valence-corrected chi connectivity index (χ3v) is 5.28. The molecule has 0 amide bonds. The number of hydrogen-bond donors (Lipinski definition) is 1. The van der Waals surface area contributed by atoms with Gasteiger partial charge in [0.1, 0.15) is 5.82 Å². The van der Waals surface area contributed by atoms with Crippen molar-refractivity contribution < 1.29 is 9.47 Å². The Bertz CT molecular complexity index is 833. The van der Waals surface area contributed by atoms with Crippen molar-refractivity contribution in [3.63, 3.8) is 0 Å². The van der Waals surface area contributed by atoms with Gasteiger partial charge in [0.15, 0.2) is 11.5 Å². The van der Waals surface area contributed by atoms with Crippen molar-refractivity contribution in [2.45, 2.75) is 51.6 Å². The topological polar surface area (TPSA) is 59.5 Å². The van der Waals surface area contributed by atoms with Crippen molar-refractivity contribution >= 4 is 11.8 Å². The van der Waals surface area contributed by atoms with Gasteiger partial charge in [0.25, 0.3) is 0 Å². The first kappa shape index (κ1) is 17.9. The molecule has 144 valence electrons. The van der Waals surface area contributed by atoms with E-state index in [1.807, 2.05) is 0 Å². The van der Waals surface area contributed by atoms with E-state index in [1.165, 1.54) is 24.0 Å². The molecule has 1 aliphatic carbocycles. The molecule has 2 heterocycles. The zero-order chi connectivity index (χ0) is 19.0. The fraction of sp³-hybridized carbons (Fsp3) is 0.524. The van der Waals surface area contributed by atoms with Crippen molar-refractivity contribution in [3.05, 3.63) is 35.0 Å². The molecular weight excluding hydrogens is 340 g/mol. The molecule has 0 radical (unpaired) electrons. The Morgan fingerprint density at radius 3 is 2.37 bits per heavy atom. The molecule has 2 aromatic rings. The highest BCUT2D eigenvalue weighted by Gasteiger charge is 2.25. The van der Waals surface area contributed by atoms with Crippen LogP contribution >= 0.6 is 0 Å². The summed E-state index contributed by atoms with van der Waals surface area (Å²) in [6, 6.07) is 6.87. The number of hydrogen-bond acceptors (Lipinski definition) is 6. The maximum Gasteiger partial charge on any atom is 0.225 e. The van der Waals surface area contributed by atoms with E-state index in [-0.39, 0.29) is 0 Å². The van der Waals surface area contributed by atoms with Gasteiger partial charge in [-0.1, -0.05) is 13.8 Å². The zero-order valence-electron chi connectivity index (χ0n) is 16.6. The molecule has 1 saturated carbocycles. The van der Waals surface area contributed by atoms with Crippen LogP contribution in [0.4, 0.5) is 11.8 Å². The van der Waals surface area contributed by atoms with Crippen molar-refractivity contribution in [2.24, 2.45) is 0 Å². The van der Waals surface area contributed by atoms with Crippen LogP contribution in [0.25, 0.3) is 0 Å². The fourth-order valence-corrected chi connectivity index (χ4v) is 3.46. The molecule has 4 rings (SSSR count). The minimum atomic E-state index is 0.368. The highest BCUT2D eigenvalue weighted by atomic mass is 16.5. The lowest BCUT2D eigenvalue weighted by atomic mass is 9.98. The Labute approximate surface area is 160 Å². The quantitative estimate of drug-likeness (QED) is 0.838. The Hall–Kier alpha value is -2.50. The number of aromatic nitrogens is 2. The minimum absolute atomic E-state index is 0.368. The Kier molecular flexibility index (Phi) is 4.81. The minimum Gasteiger partial charge on any atom is -0.493 e. The van der Waals surface area contributed by atoms with Gasteiger partial charge in [-0.05, 0) is 48.4 Å². The van der Waals surface area contributed by atoms with Gasteiger partial charge < -0.3 is 19.7 Å². The molecule has 1 aromatic carbocycles. The zero-order valence-corrected chi connectivity index (χ0v) is 16.6. The Morgan fingerprint density at radius 1 is 1.04 bits per heavy atom. The van der Waals surface area contributed by atoms with Crippen LogP contribution in [-0.4, -0.2) is 36.8 Å². The number of rotatable bonds is 6. The lowest BCUT2D eigenvalue weighted by Crippen LogP contribution is -2.31. The number of nitrogens with zero attached hydrogens (tertiary/aromatic N) is 3. The summed E-state index contributed by atoms with van der Waals surface area (Å²) in [5.41, 5.74) is 3.67. The smallest absolute Gasteiger partial charge is 0.225 e. The second kappa shape index (κ2) is 7.25. The largest absolute Gasteiger partial charge is 0.493 e. The molecule has 6 heteroatoms. The van der Waals surface area contributed by atoms with Gasteiger partial charge in [0, 0.05) is 25.2 Å². The third kappa shape index (κ3) is 3.80. The number of methoxy groups -OCH3 is 2. The molecule has 0 unspecified atom stereocenters. The van der Waals surface area contributed by atoms with E-state index in [0.717, 1.165) is 48.5 Å². The monoisotopic (exact) mass is 368 g/mol. The summed E-state index contributed by atoms with van der Waals surface area (Å²) in [7, 11) is 3.36. The molecule has 2 aliphatic rings. The van der Waals surface area contributed by atoms with Crippen LogP contribution in [0.2, 0.25) is 0 Å². The van der Waals surface area contributed by atoms with Crippen molar-refractivity contribution in [1.29, 1.82) is 0 Å². The molecule has 0 spiro atoms. The number of ether oxygens (including phenoxy) is 2. The summed E-state index contributed by atoms with van der Waals surface area (Å²) in [6.07, 6.45) is 3.38. The number of anilines is 2. The predicted octanol–water partition coefficient (Wildman–Crippen LogP) is 3.75. The molecular formula is C21H28N4O2. The standard InChI is InChI=1S/C21H28N4O2/c1-13(2)17-11-20(24-21(23-17)22-16-5-6-16)25-8-7-14-9-18(26-3)19(27-4)10-15(14)12-25/h9-11,13,16H,5-8,12H2,1-4H3,(H,22,23,24). The van der Waals surface area contributed by atoms with Crippen LogP contribution in [0.15, 0.2) is 18.2 Å². The van der Waals surface area contributed by atoms with E-state index in [4.69, 9.17) is 19.4 Å². The molecule has 27 heavy (non-hydrogen) atoms. The highest BCUT2D eigenvalue weighted by molar-refractivity contribution is 5.53. The molecule has 1 aromatic heterocycles. The van der Waals surface area contributed by atoms with Gasteiger partial charge >= 0.3 is 0 Å². The van der Waals surface area contributed by atoms with Crippen LogP contribution in [0.1, 0.15) is 49.4 Å². The van der Waals surface area contributed by atoms with Crippen molar-refractivity contribution in [1.82, 2.24) is 9.97 Å². The first-order chi connectivity index (χ1) is 13.1. The summed E-state index contributed by atoms with van der Waals surface area (Å²) in [4.78, 5) is 11.9. The van der Waals surface area contributed by atoms with Crippen molar-refractivity contribution in [2.75, 3.05) is 31.0 Å². The van der Waals surface area contributed by atoms with Crippen LogP contribution in [0.5, 0.6) is 11.5 Å². The van der Waals surface area contributed by atoms with E-state index in [9.17, 15) is 0 Å². The van der Waals surface area contributed by atoms with Crippen LogP contribution in [-0.2, 0) is 13.0 Å². The summed E-state index contributed by atoms with van der Waals surface area (Å²) in [5.74, 6) is 3.70. The normalized spacial score (nSPS) is 16.3. The SMILES string of the molecule is COc1cc2c(cc1OC)CN(c1cc(C(C)C)nc(NC3CC3)n1)CC2. The lowest BCUT2D eigenvalue weighted by molar-refractivity contribution is 0.353. The first-order valence-corrected chi connectivity index (χ1v) is 9.71. The van der Waals surface area contributed by atoms with E-state index in [0.29, 0.717) is 12.0 Å². The summed E-state index contributed by atoms with van der Waals surface area (Å²) in [6.45, 7) is 6.10. The van der Waals surface area contributed by atoms with E-state index >= 15 is 0 Å². The van der Waals surface area contributed by atoms with Gasteiger partial charge in [-0.2, -0.15) is 4.98 Å². The van der Waals surface area contributed by atoms with E-state index < -0.39 is 0 Å². The number of nitrogens with one attached hydrogen (secondary N) is 1. The lowest BCUT2D eigenvalue weighted by Gasteiger charge is -2.31. The van der Waals surface area contributed by atoms with Gasteiger partial charge in [-0.25, -0.2) is 4.98 Å². The maximum atomic E-state index is 5.48. The van der Waals surface area contributed by atoms with Gasteiger partial charge in [-0.3, -0.25) is 0 Å². The van der Waals surface area contributed by atoms with Crippen LogP contribution in [0.3, 0.4) is 0 Å². The second-order valence-corrected chi connectivity index (χ2v) is 7.70. The van der Waals surface area contributed by atoms with Crippen molar-refractivity contribution in [3.8, 4) is 11.5 Å². The van der Waals surface area contributed by atoms with E-state index in [2.05, 4.69) is 42.3 Å². The molecule has 0 atom stereocenters. The Balaban J connectivity index is 1.63. The van der Waals surface area contributed by atoms with Crippen LogP contribution < -0.4 is 19.7 Å². The number of benzene rings is 1. The van der Waals surface area contributed by atoms with Gasteiger partial charge in [0.05, 0.1) is 19.9 Å². The Morgan fingerprint density at radius 2 is 1.74 bits per heavy atom. The van der Waals surface area contributed by atoms with Crippen LogP contribution in [0, 0.1) is 0 Å². The van der Waals surface area contributed by atoms with Gasteiger partial charge in [-0.15, -0.1) is 0 Å². The average molecular weight is 368 g/mol. The highest BCUT2D eigenvalue weighted by Crippen LogP contribution is 2.35. The van der Waals surface area contributed by atoms with Gasteiger partial charge in [0.2, 0.25) is 5.95 Å². The molecule has 0 bridgehead atoms.